The zero-order chi connectivity index (χ0) is 25.0. The smallest absolute Gasteiger partial charge is 0.251 e. The molecule has 3 rings (SSSR count). The molecule has 0 aliphatic carbocycles. The maximum Gasteiger partial charge on any atom is 0.251 e. The summed E-state index contributed by atoms with van der Waals surface area (Å²) in [7, 11) is 0. The Hall–Kier alpha value is -2.92. The maximum atomic E-state index is 14.8. The van der Waals surface area contributed by atoms with Gasteiger partial charge >= 0.3 is 0 Å². The fourth-order valence-corrected chi connectivity index (χ4v) is 4.17. The van der Waals surface area contributed by atoms with Gasteiger partial charge in [-0.3, -0.25) is 9.63 Å². The van der Waals surface area contributed by atoms with Crippen molar-refractivity contribution in [3.63, 3.8) is 0 Å². The highest BCUT2D eigenvalue weighted by atomic mass is 32.1. The molecule has 0 saturated carbocycles. The number of pyridine rings is 1. The molecule has 1 aromatic carbocycles. The number of carbonyl (C=O) groups excluding carboxylic acids is 1. The fourth-order valence-electron chi connectivity index (χ4n) is 3.05. The van der Waals surface area contributed by atoms with E-state index in [1.54, 1.807) is 18.2 Å². The van der Waals surface area contributed by atoms with Gasteiger partial charge < -0.3 is 16.2 Å². The highest BCUT2D eigenvalue weighted by Crippen LogP contribution is 2.40. The van der Waals surface area contributed by atoms with Gasteiger partial charge in [-0.15, -0.1) is 11.3 Å². The van der Waals surface area contributed by atoms with Gasteiger partial charge in [0.1, 0.15) is 29.1 Å². The van der Waals surface area contributed by atoms with E-state index in [-0.39, 0.29) is 28.2 Å². The topological polar surface area (TPSA) is 109 Å². The van der Waals surface area contributed by atoms with E-state index < -0.39 is 23.1 Å². The third-order valence-corrected chi connectivity index (χ3v) is 5.92. The largest absolute Gasteiger partial charge is 0.386 e. The van der Waals surface area contributed by atoms with Gasteiger partial charge in [0.15, 0.2) is 0 Å². The van der Waals surface area contributed by atoms with Crippen LogP contribution in [0.2, 0.25) is 0 Å². The molecule has 0 fully saturated rings. The van der Waals surface area contributed by atoms with Crippen LogP contribution in [0.5, 0.6) is 0 Å². The maximum absolute atomic E-state index is 14.8. The molecule has 0 spiro atoms. The monoisotopic (exact) mass is 490 g/mol. The molecule has 0 aliphatic rings. The van der Waals surface area contributed by atoms with E-state index in [1.807, 2.05) is 0 Å². The van der Waals surface area contributed by atoms with Gasteiger partial charge in [0.25, 0.3) is 5.91 Å². The molecule has 2 aromatic heterocycles. The van der Waals surface area contributed by atoms with Crippen LogP contribution in [0.4, 0.5) is 19.6 Å². The van der Waals surface area contributed by atoms with E-state index in [9.17, 15) is 18.7 Å². The minimum Gasteiger partial charge on any atom is -0.386 e. The lowest BCUT2D eigenvalue weighted by molar-refractivity contribution is 0.0204. The molecule has 0 unspecified atom stereocenters. The van der Waals surface area contributed by atoms with E-state index in [0.717, 1.165) is 23.5 Å². The molecule has 5 N–H and O–H groups in total. The number of carbonyl (C=O) groups is 1. The average Bonchev–Trinajstić information content (AvgIpc) is 3.13. The van der Waals surface area contributed by atoms with Crippen LogP contribution in [0.1, 0.15) is 49.3 Å². The number of rotatable bonds is 10. The first-order valence-corrected chi connectivity index (χ1v) is 11.5. The summed E-state index contributed by atoms with van der Waals surface area (Å²) >= 11 is 0.970. The number of aromatic nitrogens is 1. The van der Waals surface area contributed by atoms with Crippen LogP contribution in [0, 0.1) is 17.6 Å². The number of hydrogen-bond acceptors (Lipinski definition) is 7. The van der Waals surface area contributed by atoms with Crippen LogP contribution in [0.15, 0.2) is 36.4 Å². The normalized spacial score (nSPS) is 11.8. The predicted molar refractivity (Wildman–Crippen MR) is 129 cm³/mol. The third kappa shape index (κ3) is 6.35. The molecule has 3 aromatic rings. The van der Waals surface area contributed by atoms with Gasteiger partial charge in [0, 0.05) is 11.4 Å². The number of benzene rings is 1. The second-order valence-electron chi connectivity index (χ2n) is 8.76. The first kappa shape index (κ1) is 25.7. The van der Waals surface area contributed by atoms with E-state index in [1.165, 1.54) is 19.9 Å². The van der Waals surface area contributed by atoms with Gasteiger partial charge in [0.05, 0.1) is 22.4 Å². The van der Waals surface area contributed by atoms with Crippen molar-refractivity contribution >= 4 is 28.1 Å². The number of nitrogens with two attached hydrogens (primary N) is 1. The van der Waals surface area contributed by atoms with Crippen molar-refractivity contribution in [3.8, 4) is 10.4 Å². The highest BCUT2D eigenvalue weighted by Gasteiger charge is 2.24. The minimum absolute atomic E-state index is 0.0763. The summed E-state index contributed by atoms with van der Waals surface area (Å²) in [6, 6.07) is 8.73. The number of hydrogen-bond donors (Lipinski definition) is 4. The molecule has 0 bridgehead atoms. The van der Waals surface area contributed by atoms with E-state index in [4.69, 9.17) is 10.6 Å². The lowest BCUT2D eigenvalue weighted by Gasteiger charge is -2.18. The van der Waals surface area contributed by atoms with Crippen LogP contribution in [-0.2, 0) is 17.0 Å². The molecule has 182 valence electrons. The van der Waals surface area contributed by atoms with Crippen LogP contribution in [-0.4, -0.2) is 22.5 Å². The number of nitrogens with one attached hydrogen (secondary N) is 2. The lowest BCUT2D eigenvalue weighted by atomic mass is 9.96. The van der Waals surface area contributed by atoms with Crippen LogP contribution in [0.3, 0.4) is 0 Å². The summed E-state index contributed by atoms with van der Waals surface area (Å²) in [6.07, 6.45) is 0. The Kier molecular flexibility index (Phi) is 7.98. The molecule has 2 heterocycles. The zero-order valence-electron chi connectivity index (χ0n) is 19.4. The second-order valence-corrected chi connectivity index (χ2v) is 9.81. The lowest BCUT2D eigenvalue weighted by Crippen LogP contribution is -2.20. The van der Waals surface area contributed by atoms with E-state index >= 15 is 0 Å². The Morgan fingerprint density at radius 2 is 1.91 bits per heavy atom. The van der Waals surface area contributed by atoms with Crippen molar-refractivity contribution in [1.29, 1.82) is 0 Å². The molecule has 0 aliphatic heterocycles. The van der Waals surface area contributed by atoms with Crippen molar-refractivity contribution in [1.82, 2.24) is 10.5 Å². The van der Waals surface area contributed by atoms with Crippen molar-refractivity contribution < 1.29 is 23.5 Å². The number of aliphatic hydroxyl groups is 1. The number of thiophene rings is 1. The number of amides is 1. The molecule has 0 atom stereocenters. The van der Waals surface area contributed by atoms with Crippen molar-refractivity contribution in [2.75, 3.05) is 11.9 Å². The van der Waals surface area contributed by atoms with Gasteiger partial charge in [-0.25, -0.2) is 19.2 Å². The standard InChI is InChI=1S/C24H28F2N4O3S/c1-13(2)11-28-33-12-15-6-5-7-20(29-15)30-23-16(22(27)31)10-19(34-23)21-17(25)8-14(9-18(21)26)24(3,4)32/h5-10,13,28,32H,11-12H2,1-4H3,(H2,27,31)(H,29,30). The van der Waals surface area contributed by atoms with E-state index in [0.29, 0.717) is 29.0 Å². The molecule has 0 radical (unpaired) electrons. The average molecular weight is 491 g/mol. The Morgan fingerprint density at radius 3 is 2.50 bits per heavy atom. The molecular formula is C24H28F2N4O3S. The first-order valence-electron chi connectivity index (χ1n) is 10.7. The quantitative estimate of drug-likeness (QED) is 0.239. The highest BCUT2D eigenvalue weighted by molar-refractivity contribution is 7.20. The molecule has 34 heavy (non-hydrogen) atoms. The Morgan fingerprint density at radius 1 is 1.24 bits per heavy atom. The van der Waals surface area contributed by atoms with Crippen molar-refractivity contribution in [3.05, 3.63) is 64.9 Å². The SMILES string of the molecule is CC(C)CNOCc1cccc(Nc2sc(-c3c(F)cc(C(C)(C)O)cc3F)cc2C(N)=O)n1. The molecule has 7 nitrogen and oxygen atoms in total. The summed E-state index contributed by atoms with van der Waals surface area (Å²) in [5, 5.41) is 13.4. The summed E-state index contributed by atoms with van der Waals surface area (Å²) in [6.45, 7) is 7.92. The van der Waals surface area contributed by atoms with Gasteiger partial charge in [0.2, 0.25) is 0 Å². The fraction of sp³-hybridized carbons (Fsp3) is 0.333. The van der Waals surface area contributed by atoms with Crippen molar-refractivity contribution in [2.24, 2.45) is 11.7 Å². The Bertz CT molecular complexity index is 1150. The van der Waals surface area contributed by atoms with Crippen molar-refractivity contribution in [2.45, 2.75) is 39.9 Å². The summed E-state index contributed by atoms with van der Waals surface area (Å²) < 4.78 is 29.7. The number of nitrogens with zero attached hydrogens (tertiary/aromatic N) is 1. The molecule has 0 saturated heterocycles. The molecular weight excluding hydrogens is 462 g/mol. The predicted octanol–water partition coefficient (Wildman–Crippen LogP) is 4.84. The Labute approximate surface area is 200 Å². The summed E-state index contributed by atoms with van der Waals surface area (Å²) in [5.41, 5.74) is 7.47. The third-order valence-electron chi connectivity index (χ3n) is 4.85. The number of anilines is 2. The van der Waals surface area contributed by atoms with Gasteiger partial charge in [-0.05, 0) is 55.7 Å². The Balaban J connectivity index is 1.88. The first-order chi connectivity index (χ1) is 16.0. The summed E-state index contributed by atoms with van der Waals surface area (Å²) in [4.78, 5) is 22.1. The molecule has 10 heteroatoms. The number of primary amides is 1. The van der Waals surface area contributed by atoms with Crippen LogP contribution < -0.4 is 16.5 Å². The summed E-state index contributed by atoms with van der Waals surface area (Å²) in [5.74, 6) is -1.61. The zero-order valence-corrected chi connectivity index (χ0v) is 20.2. The van der Waals surface area contributed by atoms with Gasteiger partial charge in [-0.2, -0.15) is 0 Å². The van der Waals surface area contributed by atoms with Gasteiger partial charge in [-0.1, -0.05) is 19.9 Å². The van der Waals surface area contributed by atoms with Crippen LogP contribution >= 0.6 is 11.3 Å². The van der Waals surface area contributed by atoms with E-state index in [2.05, 4.69) is 29.6 Å². The molecule has 1 amide bonds. The second kappa shape index (κ2) is 10.6. The number of hydroxylamine groups is 1. The number of halogens is 2. The minimum atomic E-state index is -1.41. The van der Waals surface area contributed by atoms with Crippen LogP contribution in [0.25, 0.3) is 10.4 Å².